The van der Waals surface area contributed by atoms with Crippen molar-refractivity contribution in [2.75, 3.05) is 26.6 Å². The zero-order chi connectivity index (χ0) is 18.7. The average Bonchev–Trinajstić information content (AvgIpc) is 3.09. The number of ether oxygens (including phenoxy) is 3. The molecule has 6 heteroatoms. The minimum Gasteiger partial charge on any atom is -0.493 e. The number of amides is 1. The van der Waals surface area contributed by atoms with Crippen LogP contribution in [0.5, 0.6) is 11.5 Å². The van der Waals surface area contributed by atoms with Gasteiger partial charge in [0.05, 0.1) is 32.6 Å². The molecule has 134 valence electrons. The van der Waals surface area contributed by atoms with E-state index in [9.17, 15) is 9.59 Å². The van der Waals surface area contributed by atoms with Crippen LogP contribution in [-0.4, -0.2) is 33.2 Å². The van der Waals surface area contributed by atoms with Crippen LogP contribution in [0.2, 0.25) is 0 Å². The third-order valence-corrected chi connectivity index (χ3v) is 4.23. The van der Waals surface area contributed by atoms with Crippen molar-refractivity contribution in [1.29, 1.82) is 0 Å². The zero-order valence-electron chi connectivity index (χ0n) is 14.8. The van der Waals surface area contributed by atoms with Gasteiger partial charge in [-0.1, -0.05) is 12.1 Å². The lowest BCUT2D eigenvalue weighted by molar-refractivity contribution is -0.112. The van der Waals surface area contributed by atoms with Crippen molar-refractivity contribution in [2.24, 2.45) is 0 Å². The summed E-state index contributed by atoms with van der Waals surface area (Å²) in [6.45, 7) is 0. The van der Waals surface area contributed by atoms with E-state index < -0.39 is 5.97 Å². The highest BCUT2D eigenvalue weighted by Gasteiger charge is 2.22. The minimum absolute atomic E-state index is 0.268. The number of carbonyl (C=O) groups excluding carboxylic acids is 2. The van der Waals surface area contributed by atoms with Gasteiger partial charge in [0, 0.05) is 12.0 Å². The second kappa shape index (κ2) is 7.31. The molecule has 2 aromatic carbocycles. The fourth-order valence-electron chi connectivity index (χ4n) is 2.90. The molecule has 0 aliphatic heterocycles. The van der Waals surface area contributed by atoms with Gasteiger partial charge < -0.3 is 19.5 Å². The molecule has 1 aliphatic rings. The predicted octanol–water partition coefficient (Wildman–Crippen LogP) is 3.07. The summed E-state index contributed by atoms with van der Waals surface area (Å²) < 4.78 is 15.4. The number of hydrogen-bond donors (Lipinski definition) is 1. The maximum atomic E-state index is 12.7. The summed E-state index contributed by atoms with van der Waals surface area (Å²) in [6.07, 6.45) is 2.29. The molecule has 0 spiro atoms. The Bertz CT molecular complexity index is 901. The molecule has 0 bridgehead atoms. The van der Waals surface area contributed by atoms with Gasteiger partial charge in [0.1, 0.15) is 0 Å². The molecular formula is C20H19NO5. The number of nitrogens with one attached hydrogen (secondary N) is 1. The molecule has 0 heterocycles. The van der Waals surface area contributed by atoms with Gasteiger partial charge in [-0.15, -0.1) is 0 Å². The molecule has 2 aromatic rings. The number of fused-ring (bicyclic) bond motifs is 1. The average molecular weight is 353 g/mol. The largest absolute Gasteiger partial charge is 0.493 e. The Hall–Kier alpha value is -3.28. The highest BCUT2D eigenvalue weighted by Crippen LogP contribution is 2.36. The van der Waals surface area contributed by atoms with Crippen molar-refractivity contribution in [2.45, 2.75) is 6.42 Å². The van der Waals surface area contributed by atoms with Crippen LogP contribution in [0.15, 0.2) is 42.0 Å². The van der Waals surface area contributed by atoms with E-state index in [4.69, 9.17) is 14.2 Å². The first-order valence-electron chi connectivity index (χ1n) is 8.01. The van der Waals surface area contributed by atoms with Gasteiger partial charge in [-0.3, -0.25) is 4.79 Å². The minimum atomic E-state index is -0.501. The summed E-state index contributed by atoms with van der Waals surface area (Å²) in [7, 11) is 4.45. The lowest BCUT2D eigenvalue weighted by atomic mass is 10.1. The molecule has 3 rings (SSSR count). The molecule has 0 saturated heterocycles. The van der Waals surface area contributed by atoms with Crippen molar-refractivity contribution >= 4 is 23.6 Å². The van der Waals surface area contributed by atoms with Crippen LogP contribution in [0.3, 0.4) is 0 Å². The van der Waals surface area contributed by atoms with Gasteiger partial charge in [-0.2, -0.15) is 0 Å². The van der Waals surface area contributed by atoms with Gasteiger partial charge in [-0.25, -0.2) is 4.79 Å². The molecule has 26 heavy (non-hydrogen) atoms. The topological polar surface area (TPSA) is 73.9 Å². The van der Waals surface area contributed by atoms with Gasteiger partial charge in [-0.05, 0) is 41.5 Å². The molecule has 1 aliphatic carbocycles. The first kappa shape index (κ1) is 17.5. The van der Waals surface area contributed by atoms with Crippen LogP contribution >= 0.6 is 0 Å². The van der Waals surface area contributed by atoms with E-state index >= 15 is 0 Å². The Labute approximate surface area is 151 Å². The summed E-state index contributed by atoms with van der Waals surface area (Å²) in [5.41, 5.74) is 3.21. The molecule has 6 nitrogen and oxygen atoms in total. The third-order valence-electron chi connectivity index (χ3n) is 4.23. The normalized spacial score (nSPS) is 12.0. The molecule has 0 unspecified atom stereocenters. The van der Waals surface area contributed by atoms with Gasteiger partial charge in [0.25, 0.3) is 5.91 Å². The fraction of sp³-hybridized carbons (Fsp3) is 0.200. The highest BCUT2D eigenvalue weighted by molar-refractivity contribution is 6.11. The molecule has 0 aromatic heterocycles. The van der Waals surface area contributed by atoms with Gasteiger partial charge >= 0.3 is 5.97 Å². The first-order chi connectivity index (χ1) is 12.6. The Morgan fingerprint density at radius 3 is 2.38 bits per heavy atom. The van der Waals surface area contributed by atoms with E-state index in [2.05, 4.69) is 5.32 Å². The maximum absolute atomic E-state index is 12.7. The van der Waals surface area contributed by atoms with Crippen molar-refractivity contribution in [3.63, 3.8) is 0 Å². The van der Waals surface area contributed by atoms with E-state index in [1.807, 2.05) is 18.2 Å². The summed E-state index contributed by atoms with van der Waals surface area (Å²) in [4.78, 5) is 24.5. The number of carbonyl (C=O) groups is 2. The van der Waals surface area contributed by atoms with E-state index in [0.717, 1.165) is 11.1 Å². The van der Waals surface area contributed by atoms with Crippen LogP contribution in [0.25, 0.3) is 6.08 Å². The van der Waals surface area contributed by atoms with E-state index in [1.165, 1.54) is 7.11 Å². The molecule has 0 radical (unpaired) electrons. The number of benzene rings is 2. The second-order valence-electron chi connectivity index (χ2n) is 5.74. The van der Waals surface area contributed by atoms with Crippen LogP contribution in [0, 0.1) is 0 Å². The summed E-state index contributed by atoms with van der Waals surface area (Å²) in [5.74, 6) is 0.465. The Morgan fingerprint density at radius 1 is 1.00 bits per heavy atom. The number of hydrogen-bond acceptors (Lipinski definition) is 5. The van der Waals surface area contributed by atoms with Gasteiger partial charge in [0.15, 0.2) is 11.5 Å². The predicted molar refractivity (Wildman–Crippen MR) is 97.6 cm³/mol. The van der Waals surface area contributed by atoms with E-state index in [-0.39, 0.29) is 5.91 Å². The Kier molecular flexibility index (Phi) is 4.93. The van der Waals surface area contributed by atoms with Crippen molar-refractivity contribution < 1.29 is 23.8 Å². The van der Waals surface area contributed by atoms with Crippen LogP contribution < -0.4 is 14.8 Å². The molecule has 0 saturated carbocycles. The smallest absolute Gasteiger partial charge is 0.339 e. The zero-order valence-corrected chi connectivity index (χ0v) is 14.8. The summed E-state index contributed by atoms with van der Waals surface area (Å²) in [5, 5.41) is 2.79. The van der Waals surface area contributed by atoms with E-state index in [0.29, 0.717) is 34.7 Å². The van der Waals surface area contributed by atoms with Gasteiger partial charge in [0.2, 0.25) is 0 Å². The van der Waals surface area contributed by atoms with Crippen molar-refractivity contribution in [3.8, 4) is 11.5 Å². The van der Waals surface area contributed by atoms with E-state index in [1.54, 1.807) is 38.5 Å². The third kappa shape index (κ3) is 3.26. The van der Waals surface area contributed by atoms with Crippen LogP contribution in [-0.2, 0) is 16.0 Å². The van der Waals surface area contributed by atoms with Crippen molar-refractivity contribution in [3.05, 3.63) is 58.7 Å². The number of para-hydroxylation sites is 1. The molecular weight excluding hydrogens is 334 g/mol. The lowest BCUT2D eigenvalue weighted by Crippen LogP contribution is -2.17. The molecule has 1 N–H and O–H groups in total. The Morgan fingerprint density at radius 2 is 1.69 bits per heavy atom. The number of rotatable bonds is 5. The molecule has 0 atom stereocenters. The molecule has 0 fully saturated rings. The maximum Gasteiger partial charge on any atom is 0.339 e. The second-order valence-corrected chi connectivity index (χ2v) is 5.74. The molecule has 1 amide bonds. The number of methoxy groups -OCH3 is 3. The number of anilines is 1. The standard InChI is InChI=1S/C20H19NO5/c1-24-17-10-12-8-14(9-13(12)11-18(17)25-2)19(22)21-16-7-5-4-6-15(16)20(23)26-3/h4-8,10-11H,9H2,1-3H3,(H,21,22). The quantitative estimate of drug-likeness (QED) is 0.836. The van der Waals surface area contributed by atoms with Crippen LogP contribution in [0.1, 0.15) is 21.5 Å². The summed E-state index contributed by atoms with van der Waals surface area (Å²) in [6, 6.07) is 10.4. The van der Waals surface area contributed by atoms with Crippen molar-refractivity contribution in [1.82, 2.24) is 0 Å². The summed E-state index contributed by atoms with van der Waals surface area (Å²) >= 11 is 0. The first-order valence-corrected chi connectivity index (χ1v) is 8.01. The Balaban J connectivity index is 1.83. The van der Waals surface area contributed by atoms with Crippen LogP contribution in [0.4, 0.5) is 5.69 Å². The monoisotopic (exact) mass is 353 g/mol. The fourth-order valence-corrected chi connectivity index (χ4v) is 2.90. The SMILES string of the molecule is COC(=O)c1ccccc1NC(=O)C1=Cc2cc(OC)c(OC)cc2C1. The lowest BCUT2D eigenvalue weighted by Gasteiger charge is -2.10. The number of esters is 1. The highest BCUT2D eigenvalue weighted by atomic mass is 16.5.